The SMILES string of the molecule is COc1ccc(-c2cc(C(F)(F)F)c3c(N)ncnn23)cc1C(=O)N[C@@H]1CN(C(=O)C(C)(C)O)C[C@@H]1F. The summed E-state index contributed by atoms with van der Waals surface area (Å²) in [5.74, 6) is -1.74. The summed E-state index contributed by atoms with van der Waals surface area (Å²) >= 11 is 0. The molecule has 2 atom stereocenters. The van der Waals surface area contributed by atoms with Crippen LogP contribution in [0.25, 0.3) is 16.8 Å². The third kappa shape index (κ3) is 4.88. The highest BCUT2D eigenvalue weighted by Gasteiger charge is 2.41. The number of rotatable bonds is 5. The number of benzene rings is 1. The van der Waals surface area contributed by atoms with Crippen LogP contribution in [0.1, 0.15) is 29.8 Å². The molecule has 1 aliphatic heterocycles. The van der Waals surface area contributed by atoms with E-state index in [2.05, 4.69) is 15.4 Å². The molecular weight excluding hydrogens is 500 g/mol. The molecule has 0 radical (unpaired) electrons. The number of nitrogen functional groups attached to an aromatic ring is 1. The molecule has 1 aliphatic rings. The Bertz CT molecular complexity index is 1370. The molecule has 1 saturated heterocycles. The maximum Gasteiger partial charge on any atom is 0.418 e. The Hall–Kier alpha value is -3.94. The summed E-state index contributed by atoms with van der Waals surface area (Å²) in [6.07, 6.45) is -5.35. The first kappa shape index (κ1) is 26.1. The first-order chi connectivity index (χ1) is 17.2. The number of amides is 2. The van der Waals surface area contributed by atoms with Crippen molar-refractivity contribution in [1.82, 2.24) is 24.8 Å². The van der Waals surface area contributed by atoms with Gasteiger partial charge in [-0.15, -0.1) is 0 Å². The summed E-state index contributed by atoms with van der Waals surface area (Å²) in [6, 6.07) is 3.88. The van der Waals surface area contributed by atoms with Gasteiger partial charge in [-0.3, -0.25) is 9.59 Å². The Labute approximate surface area is 208 Å². The van der Waals surface area contributed by atoms with E-state index in [0.717, 1.165) is 21.8 Å². The van der Waals surface area contributed by atoms with Gasteiger partial charge in [-0.1, -0.05) is 0 Å². The van der Waals surface area contributed by atoms with Crippen LogP contribution in [-0.2, 0) is 11.0 Å². The minimum atomic E-state index is -4.75. The Balaban J connectivity index is 1.69. The molecule has 3 aromatic rings. The molecule has 1 fully saturated rings. The van der Waals surface area contributed by atoms with E-state index in [1.54, 1.807) is 0 Å². The van der Waals surface area contributed by atoms with Crippen LogP contribution in [0.5, 0.6) is 5.75 Å². The van der Waals surface area contributed by atoms with Gasteiger partial charge in [0, 0.05) is 12.1 Å². The van der Waals surface area contributed by atoms with E-state index in [0.29, 0.717) is 0 Å². The Morgan fingerprint density at radius 1 is 1.22 bits per heavy atom. The maximum absolute atomic E-state index is 14.7. The second kappa shape index (κ2) is 9.18. The van der Waals surface area contributed by atoms with Crippen LogP contribution in [-0.4, -0.2) is 74.4 Å². The third-order valence-electron chi connectivity index (χ3n) is 6.00. The number of ether oxygens (including phenoxy) is 1. The average Bonchev–Trinajstić information content (AvgIpc) is 3.39. The first-order valence-corrected chi connectivity index (χ1v) is 11.1. The molecule has 1 aromatic carbocycles. The van der Waals surface area contributed by atoms with E-state index in [9.17, 15) is 32.3 Å². The largest absolute Gasteiger partial charge is 0.496 e. The fourth-order valence-electron chi connectivity index (χ4n) is 4.23. The number of aromatic nitrogens is 3. The van der Waals surface area contributed by atoms with Gasteiger partial charge in [-0.2, -0.15) is 18.3 Å². The third-order valence-corrected chi connectivity index (χ3v) is 6.00. The summed E-state index contributed by atoms with van der Waals surface area (Å²) in [5.41, 5.74) is 2.59. The van der Waals surface area contributed by atoms with Crippen molar-refractivity contribution < 1.29 is 37.0 Å². The lowest BCUT2D eigenvalue weighted by Crippen LogP contribution is -2.46. The summed E-state index contributed by atoms with van der Waals surface area (Å²) < 4.78 is 61.9. The van der Waals surface area contributed by atoms with Crippen molar-refractivity contribution in [2.24, 2.45) is 0 Å². The van der Waals surface area contributed by atoms with Crippen LogP contribution >= 0.6 is 0 Å². The summed E-state index contributed by atoms with van der Waals surface area (Å²) in [4.78, 5) is 30.2. The lowest BCUT2D eigenvalue weighted by molar-refractivity contribution is -0.146. The van der Waals surface area contributed by atoms with E-state index >= 15 is 0 Å². The number of likely N-dealkylation sites (tertiary alicyclic amines) is 1. The van der Waals surface area contributed by atoms with E-state index in [4.69, 9.17) is 10.5 Å². The number of carbonyl (C=O) groups excluding carboxylic acids is 2. The van der Waals surface area contributed by atoms with E-state index < -0.39 is 46.9 Å². The number of nitrogens with one attached hydrogen (secondary N) is 1. The second-order valence-corrected chi connectivity index (χ2v) is 9.13. The number of aliphatic hydroxyl groups is 1. The standard InChI is InChI=1S/C23H24F4N6O4/c1-22(2,36)21(35)32-8-14(24)15(9-32)31-20(34)12-6-11(4-5-17(12)37-3)16-7-13(23(25,26)27)18-19(28)29-10-30-33(16)18/h4-7,10,14-15,36H,8-9H2,1-3H3,(H,31,34)(H2,28,29,30)/t14-,15+/m0/s1. The molecule has 0 bridgehead atoms. The minimum Gasteiger partial charge on any atom is -0.496 e. The second-order valence-electron chi connectivity index (χ2n) is 9.13. The average molecular weight is 524 g/mol. The zero-order chi connectivity index (χ0) is 27.3. The van der Waals surface area contributed by atoms with Crippen LogP contribution in [0.3, 0.4) is 0 Å². The van der Waals surface area contributed by atoms with Gasteiger partial charge >= 0.3 is 6.18 Å². The molecule has 198 valence electrons. The summed E-state index contributed by atoms with van der Waals surface area (Å²) in [6.45, 7) is 2.06. The monoisotopic (exact) mass is 524 g/mol. The number of nitrogens with zero attached hydrogens (tertiary/aromatic N) is 4. The number of methoxy groups -OCH3 is 1. The normalized spacial score (nSPS) is 18.3. The zero-order valence-corrected chi connectivity index (χ0v) is 20.0. The van der Waals surface area contributed by atoms with Gasteiger partial charge in [0.1, 0.15) is 29.4 Å². The molecule has 4 N–H and O–H groups in total. The number of alkyl halides is 4. The predicted octanol–water partition coefficient (Wildman–Crippen LogP) is 2.06. The predicted molar refractivity (Wildman–Crippen MR) is 123 cm³/mol. The molecule has 3 heterocycles. The van der Waals surface area contributed by atoms with Crippen molar-refractivity contribution in [2.45, 2.75) is 37.8 Å². The topological polar surface area (TPSA) is 135 Å². The molecule has 10 nitrogen and oxygen atoms in total. The molecule has 4 rings (SSSR count). The molecule has 0 saturated carbocycles. The summed E-state index contributed by atoms with van der Waals surface area (Å²) in [5, 5.41) is 16.3. The number of halogens is 4. The maximum atomic E-state index is 14.7. The number of anilines is 1. The molecular formula is C23H24F4N6O4. The first-order valence-electron chi connectivity index (χ1n) is 11.1. The fourth-order valence-corrected chi connectivity index (χ4v) is 4.23. The Morgan fingerprint density at radius 2 is 1.92 bits per heavy atom. The van der Waals surface area contributed by atoms with Gasteiger partial charge in [-0.05, 0) is 38.1 Å². The van der Waals surface area contributed by atoms with Crippen molar-refractivity contribution in [2.75, 3.05) is 25.9 Å². The van der Waals surface area contributed by atoms with Gasteiger partial charge in [0.15, 0.2) is 5.82 Å². The van der Waals surface area contributed by atoms with Crippen molar-refractivity contribution in [3.63, 3.8) is 0 Å². The van der Waals surface area contributed by atoms with Gasteiger partial charge < -0.3 is 25.8 Å². The van der Waals surface area contributed by atoms with E-state index in [1.165, 1.54) is 39.2 Å². The molecule has 37 heavy (non-hydrogen) atoms. The Kier molecular flexibility index (Phi) is 6.48. The molecule has 0 spiro atoms. The number of fused-ring (bicyclic) bond motifs is 1. The van der Waals surface area contributed by atoms with Crippen molar-refractivity contribution in [3.8, 4) is 17.0 Å². The van der Waals surface area contributed by atoms with Crippen molar-refractivity contribution >= 4 is 23.1 Å². The zero-order valence-electron chi connectivity index (χ0n) is 20.0. The van der Waals surface area contributed by atoms with Gasteiger partial charge in [0.05, 0.1) is 36.5 Å². The van der Waals surface area contributed by atoms with Crippen molar-refractivity contribution in [3.05, 3.63) is 41.7 Å². The van der Waals surface area contributed by atoms with Gasteiger partial charge in [0.25, 0.3) is 11.8 Å². The summed E-state index contributed by atoms with van der Waals surface area (Å²) in [7, 11) is 1.30. The fraction of sp³-hybridized carbons (Fsp3) is 0.391. The highest BCUT2D eigenvalue weighted by atomic mass is 19.4. The molecule has 2 aromatic heterocycles. The quantitative estimate of drug-likeness (QED) is 0.435. The highest BCUT2D eigenvalue weighted by molar-refractivity contribution is 5.98. The van der Waals surface area contributed by atoms with Crippen molar-refractivity contribution in [1.29, 1.82) is 0 Å². The van der Waals surface area contributed by atoms with E-state index in [1.807, 2.05) is 0 Å². The van der Waals surface area contributed by atoms with Gasteiger partial charge in [-0.25, -0.2) is 13.9 Å². The van der Waals surface area contributed by atoms with E-state index in [-0.39, 0.29) is 41.5 Å². The minimum absolute atomic E-state index is 0.0145. The molecule has 2 amide bonds. The lowest BCUT2D eigenvalue weighted by Gasteiger charge is -2.24. The van der Waals surface area contributed by atoms with Crippen LogP contribution < -0.4 is 15.8 Å². The number of nitrogens with two attached hydrogens (primary N) is 1. The highest BCUT2D eigenvalue weighted by Crippen LogP contribution is 2.39. The van der Waals surface area contributed by atoms with Crippen LogP contribution in [0.15, 0.2) is 30.6 Å². The molecule has 0 aliphatic carbocycles. The van der Waals surface area contributed by atoms with Crippen LogP contribution in [0.2, 0.25) is 0 Å². The van der Waals surface area contributed by atoms with Crippen LogP contribution in [0, 0.1) is 0 Å². The van der Waals surface area contributed by atoms with Crippen LogP contribution in [0.4, 0.5) is 23.4 Å². The smallest absolute Gasteiger partial charge is 0.418 e. The molecule has 14 heteroatoms. The Morgan fingerprint density at radius 3 is 2.54 bits per heavy atom. The molecule has 0 unspecified atom stereocenters. The lowest BCUT2D eigenvalue weighted by atomic mass is 10.1. The number of hydrogen-bond donors (Lipinski definition) is 3. The number of carbonyl (C=O) groups is 2. The van der Waals surface area contributed by atoms with Gasteiger partial charge in [0.2, 0.25) is 0 Å². The number of hydrogen-bond acceptors (Lipinski definition) is 7.